The molecule has 0 radical (unpaired) electrons. The fourth-order valence-electron chi connectivity index (χ4n) is 1.92. The van der Waals surface area contributed by atoms with E-state index < -0.39 is 6.10 Å². The first-order valence-electron chi connectivity index (χ1n) is 5.84. The number of hydrogen-bond acceptors (Lipinski definition) is 1. The molecule has 0 aromatic heterocycles. The molecule has 0 saturated carbocycles. The van der Waals surface area contributed by atoms with Gasteiger partial charge in [-0.25, -0.2) is 0 Å². The van der Waals surface area contributed by atoms with E-state index >= 15 is 0 Å². The highest BCUT2D eigenvalue weighted by Crippen LogP contribution is 2.34. The van der Waals surface area contributed by atoms with Gasteiger partial charge in [0.2, 0.25) is 0 Å². The molecule has 0 fully saturated rings. The summed E-state index contributed by atoms with van der Waals surface area (Å²) >= 11 is 12.2. The van der Waals surface area contributed by atoms with Crippen LogP contribution in [0.1, 0.15) is 29.7 Å². The van der Waals surface area contributed by atoms with Crippen molar-refractivity contribution in [3.05, 3.63) is 69.2 Å². The molecule has 1 atom stereocenters. The summed E-state index contributed by atoms with van der Waals surface area (Å²) in [5, 5.41) is 11.4. The number of rotatable bonds is 3. The first-order chi connectivity index (χ1) is 8.63. The van der Waals surface area contributed by atoms with Gasteiger partial charge in [0, 0.05) is 15.6 Å². The molecule has 0 aliphatic heterocycles. The molecule has 1 nitrogen and oxygen atoms in total. The summed E-state index contributed by atoms with van der Waals surface area (Å²) in [5.41, 5.74) is 2.55. The Morgan fingerprint density at radius 2 is 1.67 bits per heavy atom. The van der Waals surface area contributed by atoms with Gasteiger partial charge in [-0.1, -0.05) is 60.5 Å². The maximum Gasteiger partial charge on any atom is 0.107 e. The third-order valence-corrected chi connectivity index (χ3v) is 3.61. The number of hydrogen-bond donors (Lipinski definition) is 1. The van der Waals surface area contributed by atoms with Crippen LogP contribution in [0.3, 0.4) is 0 Å². The van der Waals surface area contributed by atoms with Crippen LogP contribution in [0.2, 0.25) is 10.0 Å². The summed E-state index contributed by atoms with van der Waals surface area (Å²) in [7, 11) is 0. The number of aryl methyl sites for hydroxylation is 1. The van der Waals surface area contributed by atoms with Gasteiger partial charge in [0.05, 0.1) is 0 Å². The standard InChI is InChI=1S/C15H14Cl2O/c1-2-10-5-3-6-11(9-10)15(18)14-12(16)7-4-8-13(14)17/h3-9,15,18H,2H2,1H3. The van der Waals surface area contributed by atoms with Crippen molar-refractivity contribution in [3.63, 3.8) is 0 Å². The summed E-state index contributed by atoms with van der Waals surface area (Å²) in [4.78, 5) is 0. The average Bonchev–Trinajstić information content (AvgIpc) is 2.38. The quantitative estimate of drug-likeness (QED) is 0.869. The number of aliphatic hydroxyl groups is 1. The van der Waals surface area contributed by atoms with Gasteiger partial charge in [0.1, 0.15) is 6.10 Å². The Bertz CT molecular complexity index is 532. The average molecular weight is 281 g/mol. The third-order valence-electron chi connectivity index (χ3n) is 2.95. The van der Waals surface area contributed by atoms with Gasteiger partial charge in [0.25, 0.3) is 0 Å². The molecule has 0 saturated heterocycles. The molecular formula is C15H14Cl2O. The van der Waals surface area contributed by atoms with Crippen LogP contribution in [0.15, 0.2) is 42.5 Å². The van der Waals surface area contributed by atoms with Crippen molar-refractivity contribution < 1.29 is 5.11 Å². The van der Waals surface area contributed by atoms with E-state index in [4.69, 9.17) is 23.2 Å². The monoisotopic (exact) mass is 280 g/mol. The minimum atomic E-state index is -0.794. The van der Waals surface area contributed by atoms with Crippen LogP contribution in [0.4, 0.5) is 0 Å². The largest absolute Gasteiger partial charge is 0.384 e. The molecule has 2 aromatic carbocycles. The first-order valence-corrected chi connectivity index (χ1v) is 6.60. The molecule has 94 valence electrons. The van der Waals surface area contributed by atoms with Crippen LogP contribution >= 0.6 is 23.2 Å². The maximum atomic E-state index is 10.4. The Hall–Kier alpha value is -1.02. The van der Waals surface area contributed by atoms with Crippen molar-refractivity contribution in [2.45, 2.75) is 19.4 Å². The lowest BCUT2D eigenvalue weighted by Crippen LogP contribution is -2.02. The highest BCUT2D eigenvalue weighted by molar-refractivity contribution is 6.36. The maximum absolute atomic E-state index is 10.4. The third kappa shape index (κ3) is 2.69. The van der Waals surface area contributed by atoms with Crippen molar-refractivity contribution in [2.24, 2.45) is 0 Å². The molecule has 2 aromatic rings. The highest BCUT2D eigenvalue weighted by Gasteiger charge is 2.17. The summed E-state index contributed by atoms with van der Waals surface area (Å²) < 4.78 is 0. The molecule has 18 heavy (non-hydrogen) atoms. The predicted molar refractivity (Wildman–Crippen MR) is 76.3 cm³/mol. The lowest BCUT2D eigenvalue weighted by molar-refractivity contribution is 0.220. The molecule has 1 N–H and O–H groups in total. The zero-order valence-electron chi connectivity index (χ0n) is 10.0. The Morgan fingerprint density at radius 1 is 1.06 bits per heavy atom. The van der Waals surface area contributed by atoms with E-state index in [1.807, 2.05) is 24.3 Å². The van der Waals surface area contributed by atoms with Gasteiger partial charge in [-0.2, -0.15) is 0 Å². The second kappa shape index (κ2) is 5.75. The van der Waals surface area contributed by atoms with E-state index in [2.05, 4.69) is 6.92 Å². The van der Waals surface area contributed by atoms with E-state index in [-0.39, 0.29) is 0 Å². The van der Waals surface area contributed by atoms with E-state index in [0.29, 0.717) is 15.6 Å². The number of aliphatic hydroxyl groups excluding tert-OH is 1. The minimum Gasteiger partial charge on any atom is -0.384 e. The fraction of sp³-hybridized carbons (Fsp3) is 0.200. The van der Waals surface area contributed by atoms with Gasteiger partial charge in [-0.3, -0.25) is 0 Å². The van der Waals surface area contributed by atoms with Gasteiger partial charge >= 0.3 is 0 Å². The topological polar surface area (TPSA) is 20.2 Å². The molecule has 0 heterocycles. The first kappa shape index (κ1) is 13.4. The van der Waals surface area contributed by atoms with Crippen LogP contribution in [0, 0.1) is 0 Å². The summed E-state index contributed by atoms with van der Waals surface area (Å²) in [6.45, 7) is 2.08. The molecule has 1 unspecified atom stereocenters. The van der Waals surface area contributed by atoms with E-state index in [9.17, 15) is 5.11 Å². The van der Waals surface area contributed by atoms with Crippen molar-refractivity contribution in [2.75, 3.05) is 0 Å². The van der Waals surface area contributed by atoms with Crippen LogP contribution in [0.25, 0.3) is 0 Å². The lowest BCUT2D eigenvalue weighted by Gasteiger charge is -2.15. The van der Waals surface area contributed by atoms with E-state index in [1.165, 1.54) is 5.56 Å². The van der Waals surface area contributed by atoms with E-state index in [0.717, 1.165) is 12.0 Å². The number of halogens is 2. The van der Waals surface area contributed by atoms with Gasteiger partial charge in [-0.15, -0.1) is 0 Å². The zero-order chi connectivity index (χ0) is 13.1. The van der Waals surface area contributed by atoms with Gasteiger partial charge in [0.15, 0.2) is 0 Å². The van der Waals surface area contributed by atoms with Crippen LogP contribution in [-0.2, 0) is 6.42 Å². The predicted octanol–water partition coefficient (Wildman–Crippen LogP) is 4.64. The molecule has 0 spiro atoms. The minimum absolute atomic E-state index is 0.483. The fourth-order valence-corrected chi connectivity index (χ4v) is 2.53. The summed E-state index contributed by atoms with van der Waals surface area (Å²) in [6, 6.07) is 13.1. The molecule has 0 bridgehead atoms. The van der Waals surface area contributed by atoms with Gasteiger partial charge < -0.3 is 5.11 Å². The second-order valence-electron chi connectivity index (χ2n) is 4.14. The van der Waals surface area contributed by atoms with E-state index in [1.54, 1.807) is 18.2 Å². The molecule has 2 rings (SSSR count). The number of benzene rings is 2. The van der Waals surface area contributed by atoms with Crippen molar-refractivity contribution in [1.82, 2.24) is 0 Å². The molecule has 0 aliphatic rings. The molecule has 3 heteroatoms. The second-order valence-corrected chi connectivity index (χ2v) is 4.95. The molecule has 0 aliphatic carbocycles. The normalized spacial score (nSPS) is 12.4. The SMILES string of the molecule is CCc1cccc(C(O)c2c(Cl)cccc2Cl)c1. The smallest absolute Gasteiger partial charge is 0.107 e. The Kier molecular flexibility index (Phi) is 4.28. The van der Waals surface area contributed by atoms with Crippen LogP contribution < -0.4 is 0 Å². The summed E-state index contributed by atoms with van der Waals surface area (Å²) in [5.74, 6) is 0. The Labute approximate surface area is 117 Å². The molecular weight excluding hydrogens is 267 g/mol. The Morgan fingerprint density at radius 3 is 2.28 bits per heavy atom. The van der Waals surface area contributed by atoms with Crippen molar-refractivity contribution in [3.8, 4) is 0 Å². The van der Waals surface area contributed by atoms with Crippen LogP contribution in [-0.4, -0.2) is 5.11 Å². The van der Waals surface area contributed by atoms with Crippen molar-refractivity contribution >= 4 is 23.2 Å². The van der Waals surface area contributed by atoms with Crippen LogP contribution in [0.5, 0.6) is 0 Å². The lowest BCUT2D eigenvalue weighted by atomic mass is 9.99. The Balaban J connectivity index is 2.44. The highest BCUT2D eigenvalue weighted by atomic mass is 35.5. The van der Waals surface area contributed by atoms with Gasteiger partial charge in [-0.05, 0) is 29.7 Å². The zero-order valence-corrected chi connectivity index (χ0v) is 11.5. The summed E-state index contributed by atoms with van der Waals surface area (Å²) in [6.07, 6.45) is 0.134. The van der Waals surface area contributed by atoms with Crippen molar-refractivity contribution in [1.29, 1.82) is 0 Å². The molecule has 0 amide bonds.